The van der Waals surface area contributed by atoms with Gasteiger partial charge < -0.3 is 9.32 Å². The molecule has 0 spiro atoms. The van der Waals surface area contributed by atoms with Gasteiger partial charge in [0, 0.05) is 44.3 Å². The van der Waals surface area contributed by atoms with E-state index in [-0.39, 0.29) is 16.9 Å². The number of benzene rings is 1. The lowest BCUT2D eigenvalue weighted by atomic mass is 10.1. The number of hydrogen-bond donors (Lipinski definition) is 0. The molecule has 0 saturated carbocycles. The fraction of sp³-hybridized carbons (Fsp3) is 0.400. The molecule has 1 aliphatic heterocycles. The Bertz CT molecular complexity index is 710. The third-order valence-electron chi connectivity index (χ3n) is 3.52. The molecular weight excluding hydrogens is 288 g/mol. The highest BCUT2D eigenvalue weighted by Gasteiger charge is 2.31. The van der Waals surface area contributed by atoms with Crippen LogP contribution in [0.1, 0.15) is 19.2 Å². The highest BCUT2D eigenvalue weighted by molar-refractivity contribution is 8.13. The molecule has 0 N–H and O–H groups in total. The number of nitrogens with zero attached hydrogens (tertiary/aromatic N) is 2. The van der Waals surface area contributed by atoms with Crippen LogP contribution in [0, 0.1) is 12.8 Å². The second-order valence-electron chi connectivity index (χ2n) is 5.26. The van der Waals surface area contributed by atoms with Gasteiger partial charge in [0.25, 0.3) is 0 Å². The zero-order valence-corrected chi connectivity index (χ0v) is 12.8. The Morgan fingerprint density at radius 1 is 1.52 bits per heavy atom. The lowest BCUT2D eigenvalue weighted by Gasteiger charge is -2.16. The van der Waals surface area contributed by atoms with Gasteiger partial charge in [-0.05, 0) is 18.1 Å². The van der Waals surface area contributed by atoms with Gasteiger partial charge in [-0.3, -0.25) is 9.59 Å². The number of fused-ring (bicyclic) bond motifs is 1. The average molecular weight is 304 g/mol. The molecule has 0 bridgehead atoms. The van der Waals surface area contributed by atoms with Crippen molar-refractivity contribution in [2.24, 2.45) is 5.92 Å². The van der Waals surface area contributed by atoms with Crippen molar-refractivity contribution in [3.63, 3.8) is 0 Å². The fourth-order valence-corrected chi connectivity index (χ4v) is 3.27. The summed E-state index contributed by atoms with van der Waals surface area (Å²) in [6.45, 7) is 4.01. The monoisotopic (exact) mass is 304 g/mol. The Labute approximate surface area is 126 Å². The summed E-state index contributed by atoms with van der Waals surface area (Å²) in [6.07, 6.45) is 0.494. The maximum Gasteiger partial charge on any atom is 0.227 e. The number of aryl methyl sites for hydroxylation is 1. The third kappa shape index (κ3) is 2.95. The molecule has 1 aromatic carbocycles. The number of anilines is 1. The number of carbonyl (C=O) groups is 2. The summed E-state index contributed by atoms with van der Waals surface area (Å²) in [5.41, 5.74) is 2.32. The van der Waals surface area contributed by atoms with Crippen molar-refractivity contribution in [3.05, 3.63) is 24.1 Å². The molecule has 21 heavy (non-hydrogen) atoms. The molecule has 3 rings (SSSR count). The Kier molecular flexibility index (Phi) is 3.71. The van der Waals surface area contributed by atoms with Gasteiger partial charge in [-0.15, -0.1) is 0 Å². The quantitative estimate of drug-likeness (QED) is 0.872. The zero-order chi connectivity index (χ0) is 15.0. The molecule has 1 aromatic heterocycles. The van der Waals surface area contributed by atoms with Crippen LogP contribution in [0.2, 0.25) is 0 Å². The maximum absolute atomic E-state index is 12.2. The van der Waals surface area contributed by atoms with Crippen LogP contribution in [0.5, 0.6) is 0 Å². The molecule has 1 saturated heterocycles. The molecular formula is C15H16N2O3S. The van der Waals surface area contributed by atoms with E-state index in [0.29, 0.717) is 30.2 Å². The van der Waals surface area contributed by atoms with Gasteiger partial charge in [0.15, 0.2) is 16.6 Å². The SMILES string of the molecule is CC(=O)SCC1CC(=O)N(c2ccc3nc(C)oc3c2)C1. The van der Waals surface area contributed by atoms with Crippen LogP contribution in [0.25, 0.3) is 11.1 Å². The van der Waals surface area contributed by atoms with Gasteiger partial charge in [-0.25, -0.2) is 4.98 Å². The standard InChI is InChI=1S/C15H16N2O3S/c1-9-16-13-4-3-12(6-14(13)20-9)17-7-11(5-15(17)19)8-21-10(2)18/h3-4,6,11H,5,7-8H2,1-2H3. The van der Waals surface area contributed by atoms with E-state index < -0.39 is 0 Å². The summed E-state index contributed by atoms with van der Waals surface area (Å²) in [5, 5.41) is 0.0967. The molecule has 5 nitrogen and oxygen atoms in total. The topological polar surface area (TPSA) is 63.4 Å². The largest absolute Gasteiger partial charge is 0.441 e. The van der Waals surface area contributed by atoms with E-state index in [4.69, 9.17) is 4.42 Å². The van der Waals surface area contributed by atoms with E-state index in [1.165, 1.54) is 11.8 Å². The summed E-state index contributed by atoms with van der Waals surface area (Å²) in [4.78, 5) is 29.2. The molecule has 2 heterocycles. The first-order valence-corrected chi connectivity index (χ1v) is 7.82. The first-order chi connectivity index (χ1) is 10.0. The van der Waals surface area contributed by atoms with Crippen LogP contribution in [0.3, 0.4) is 0 Å². The van der Waals surface area contributed by atoms with E-state index in [1.54, 1.807) is 18.7 Å². The highest BCUT2D eigenvalue weighted by Crippen LogP contribution is 2.29. The van der Waals surface area contributed by atoms with Crippen LogP contribution in [0.4, 0.5) is 5.69 Å². The van der Waals surface area contributed by atoms with E-state index in [2.05, 4.69) is 4.98 Å². The van der Waals surface area contributed by atoms with Crippen LogP contribution in [0.15, 0.2) is 22.6 Å². The van der Waals surface area contributed by atoms with Crippen molar-refractivity contribution in [3.8, 4) is 0 Å². The molecule has 6 heteroatoms. The molecule has 2 aromatic rings. The number of carbonyl (C=O) groups excluding carboxylic acids is 2. The molecule has 1 fully saturated rings. The van der Waals surface area contributed by atoms with Crippen molar-refractivity contribution in [2.45, 2.75) is 20.3 Å². The van der Waals surface area contributed by atoms with Gasteiger partial charge in [0.05, 0.1) is 0 Å². The highest BCUT2D eigenvalue weighted by atomic mass is 32.2. The van der Waals surface area contributed by atoms with Crippen LogP contribution in [-0.2, 0) is 9.59 Å². The fourth-order valence-electron chi connectivity index (χ4n) is 2.57. The second kappa shape index (κ2) is 5.52. The third-order valence-corrected chi connectivity index (χ3v) is 4.56. The normalized spacial score (nSPS) is 18.7. The average Bonchev–Trinajstić information content (AvgIpc) is 2.97. The van der Waals surface area contributed by atoms with Crippen LogP contribution >= 0.6 is 11.8 Å². The predicted octanol–water partition coefficient (Wildman–Crippen LogP) is 2.77. The summed E-state index contributed by atoms with van der Waals surface area (Å²) in [5.74, 6) is 1.63. The first kappa shape index (κ1) is 14.1. The molecule has 0 aliphatic carbocycles. The second-order valence-corrected chi connectivity index (χ2v) is 6.46. The Hall–Kier alpha value is -1.82. The number of amides is 1. The smallest absolute Gasteiger partial charge is 0.227 e. The predicted molar refractivity (Wildman–Crippen MR) is 82.3 cm³/mol. The van der Waals surface area contributed by atoms with Crippen LogP contribution < -0.4 is 4.90 Å². The number of thioether (sulfide) groups is 1. The van der Waals surface area contributed by atoms with E-state index >= 15 is 0 Å². The van der Waals surface area contributed by atoms with Crippen LogP contribution in [-0.4, -0.2) is 28.3 Å². The van der Waals surface area contributed by atoms with E-state index in [9.17, 15) is 9.59 Å². The molecule has 1 amide bonds. The van der Waals surface area contributed by atoms with Gasteiger partial charge in [0.2, 0.25) is 5.91 Å². The number of rotatable bonds is 3. The lowest BCUT2D eigenvalue weighted by molar-refractivity contribution is -0.117. The van der Waals surface area contributed by atoms with Gasteiger partial charge in [-0.2, -0.15) is 0 Å². The molecule has 1 aliphatic rings. The summed E-state index contributed by atoms with van der Waals surface area (Å²) >= 11 is 1.29. The summed E-state index contributed by atoms with van der Waals surface area (Å²) in [7, 11) is 0. The minimum Gasteiger partial charge on any atom is -0.441 e. The summed E-state index contributed by atoms with van der Waals surface area (Å²) < 4.78 is 5.51. The minimum atomic E-state index is 0.0967. The first-order valence-electron chi connectivity index (χ1n) is 6.84. The summed E-state index contributed by atoms with van der Waals surface area (Å²) in [6, 6.07) is 5.61. The number of aromatic nitrogens is 1. The lowest BCUT2D eigenvalue weighted by Crippen LogP contribution is -2.24. The molecule has 110 valence electrons. The van der Waals surface area contributed by atoms with Crippen molar-refractivity contribution < 1.29 is 14.0 Å². The van der Waals surface area contributed by atoms with Gasteiger partial charge >= 0.3 is 0 Å². The van der Waals surface area contributed by atoms with E-state index in [0.717, 1.165) is 11.2 Å². The Morgan fingerprint density at radius 3 is 3.10 bits per heavy atom. The number of oxazole rings is 1. The maximum atomic E-state index is 12.2. The van der Waals surface area contributed by atoms with Crippen molar-refractivity contribution in [2.75, 3.05) is 17.2 Å². The number of hydrogen-bond acceptors (Lipinski definition) is 5. The van der Waals surface area contributed by atoms with Crippen molar-refractivity contribution >= 4 is 39.6 Å². The molecule has 1 unspecified atom stereocenters. The molecule has 0 radical (unpaired) electrons. The van der Waals surface area contributed by atoms with Crippen molar-refractivity contribution in [1.82, 2.24) is 4.98 Å². The van der Waals surface area contributed by atoms with Gasteiger partial charge in [0.1, 0.15) is 5.52 Å². The van der Waals surface area contributed by atoms with Gasteiger partial charge in [-0.1, -0.05) is 11.8 Å². The Balaban J connectivity index is 1.78. The minimum absolute atomic E-state index is 0.0967. The zero-order valence-electron chi connectivity index (χ0n) is 12.0. The molecule has 1 atom stereocenters. The van der Waals surface area contributed by atoms with E-state index in [1.807, 2.05) is 18.2 Å². The Morgan fingerprint density at radius 2 is 2.33 bits per heavy atom. The van der Waals surface area contributed by atoms with Crippen molar-refractivity contribution in [1.29, 1.82) is 0 Å².